The number of oxime groups is 1. The van der Waals surface area contributed by atoms with E-state index in [4.69, 9.17) is 103 Å². The van der Waals surface area contributed by atoms with E-state index >= 15 is 0 Å². The number of benzene rings is 4. The Kier molecular flexibility index (Phi) is 20.3. The first-order valence-electron chi connectivity index (χ1n) is 22.3. The molecular formula is C54H37Cl5N14O5. The average Bonchev–Trinajstić information content (AvgIpc) is 4.35. The van der Waals surface area contributed by atoms with Crippen LogP contribution in [0.1, 0.15) is 17.1 Å². The topological polar surface area (TPSA) is 299 Å². The maximum absolute atomic E-state index is 8.69. The number of halogens is 5. The summed E-state index contributed by atoms with van der Waals surface area (Å²) in [5.41, 5.74) is 17.5. The van der Waals surface area contributed by atoms with Crippen LogP contribution in [0.2, 0.25) is 25.4 Å². The lowest BCUT2D eigenvalue weighted by molar-refractivity contribution is 0.318. The molecule has 19 nitrogen and oxygen atoms in total. The van der Waals surface area contributed by atoms with E-state index in [1.54, 1.807) is 104 Å². The summed E-state index contributed by atoms with van der Waals surface area (Å²) in [4.78, 5) is 27.6. The van der Waals surface area contributed by atoms with Gasteiger partial charge in [-0.2, -0.15) is 10.5 Å². The number of oxazole rings is 4. The molecule has 0 atom stereocenters. The Balaban J connectivity index is 0.000000147. The van der Waals surface area contributed by atoms with Gasteiger partial charge in [0.1, 0.15) is 29.2 Å². The fourth-order valence-corrected chi connectivity index (χ4v) is 6.69. The summed E-state index contributed by atoms with van der Waals surface area (Å²) in [6, 6.07) is 43.7. The molecule has 24 heteroatoms. The molecule has 11 aromatic rings. The van der Waals surface area contributed by atoms with E-state index in [2.05, 4.69) is 50.7 Å². The van der Waals surface area contributed by atoms with Crippen molar-refractivity contribution < 1.29 is 22.9 Å². The number of nitriles is 2. The highest BCUT2D eigenvalue weighted by Crippen LogP contribution is 2.28. The Hall–Kier alpha value is -9.73. The molecule has 7 heterocycles. The molecule has 0 aliphatic rings. The van der Waals surface area contributed by atoms with Crippen molar-refractivity contribution in [1.82, 2.24) is 34.9 Å². The van der Waals surface area contributed by atoms with Crippen molar-refractivity contribution in [1.29, 1.82) is 10.5 Å². The van der Waals surface area contributed by atoms with Gasteiger partial charge in [-0.15, -0.1) is 0 Å². The Morgan fingerprint density at radius 3 is 1.26 bits per heavy atom. The van der Waals surface area contributed by atoms with Gasteiger partial charge in [0.05, 0.1) is 60.4 Å². The van der Waals surface area contributed by atoms with Gasteiger partial charge >= 0.3 is 0 Å². The van der Waals surface area contributed by atoms with E-state index in [9.17, 15) is 0 Å². The van der Waals surface area contributed by atoms with Crippen LogP contribution in [0.25, 0.3) is 45.3 Å². The fraction of sp³-hybridized carbons (Fsp3) is 0. The minimum atomic E-state index is -0.0577. The number of nitrogen functional groups attached to an aromatic ring is 1. The van der Waals surface area contributed by atoms with E-state index in [1.807, 2.05) is 72.8 Å². The van der Waals surface area contributed by atoms with Crippen molar-refractivity contribution in [3.63, 3.8) is 0 Å². The number of hydrogen-bond acceptors (Lipinski definition) is 18. The molecule has 4 aromatic carbocycles. The maximum Gasteiger partial charge on any atom is 0.299 e. The second-order valence-electron chi connectivity index (χ2n) is 15.2. The van der Waals surface area contributed by atoms with Gasteiger partial charge in [-0.1, -0.05) is 51.6 Å². The molecule has 7 N–H and O–H groups in total. The van der Waals surface area contributed by atoms with Crippen LogP contribution < -0.4 is 22.1 Å². The third-order valence-electron chi connectivity index (χ3n) is 9.85. The van der Waals surface area contributed by atoms with E-state index in [1.165, 1.54) is 18.8 Å². The molecule has 11 rings (SSSR count). The molecule has 0 aliphatic heterocycles. The monoisotopic (exact) mass is 1140 g/mol. The van der Waals surface area contributed by atoms with Crippen LogP contribution in [0.5, 0.6) is 0 Å². The smallest absolute Gasteiger partial charge is 0.299 e. The average molecular weight is 1140 g/mol. The van der Waals surface area contributed by atoms with E-state index < -0.39 is 0 Å². The number of nitrogens with one attached hydrogen (secondary N) is 2. The van der Waals surface area contributed by atoms with Crippen LogP contribution in [-0.2, 0) is 0 Å². The zero-order chi connectivity index (χ0) is 55.2. The molecule has 0 saturated heterocycles. The highest BCUT2D eigenvalue weighted by atomic mass is 35.5. The number of pyridine rings is 3. The number of nitrogens with two attached hydrogens (primary N) is 2. The second kappa shape index (κ2) is 28.2. The molecule has 7 aromatic heterocycles. The summed E-state index contributed by atoms with van der Waals surface area (Å²) in [7, 11) is 0. The van der Waals surface area contributed by atoms with Crippen LogP contribution in [0.4, 0.5) is 29.1 Å². The summed E-state index contributed by atoms with van der Waals surface area (Å²) in [5.74, 6) is 2.59. The number of rotatable bonds is 9. The zero-order valence-corrected chi connectivity index (χ0v) is 43.7. The van der Waals surface area contributed by atoms with Gasteiger partial charge in [0.25, 0.3) is 17.4 Å². The Bertz CT molecular complexity index is 3720. The minimum Gasteiger partial charge on any atom is -0.444 e. The Morgan fingerprint density at radius 1 is 0.474 bits per heavy atom. The first-order valence-corrected chi connectivity index (χ1v) is 24.1. The lowest BCUT2D eigenvalue weighted by atomic mass is 10.2. The highest BCUT2D eigenvalue weighted by molar-refractivity contribution is 6.31. The van der Waals surface area contributed by atoms with Gasteiger partial charge in [-0.25, -0.2) is 29.9 Å². The maximum atomic E-state index is 8.69. The molecule has 0 amide bonds. The Morgan fingerprint density at radius 2 is 0.897 bits per heavy atom. The van der Waals surface area contributed by atoms with Crippen molar-refractivity contribution in [2.75, 3.05) is 16.4 Å². The van der Waals surface area contributed by atoms with Gasteiger partial charge in [-0.3, -0.25) is 4.98 Å². The lowest BCUT2D eigenvalue weighted by Gasteiger charge is -2.02. The predicted octanol–water partition coefficient (Wildman–Crippen LogP) is 14.4. The fourth-order valence-electron chi connectivity index (χ4n) is 6.05. The molecule has 0 spiro atoms. The highest BCUT2D eigenvalue weighted by Gasteiger charge is 2.10. The van der Waals surface area contributed by atoms with Crippen molar-refractivity contribution in [3.8, 4) is 57.4 Å². The lowest BCUT2D eigenvalue weighted by Crippen LogP contribution is -2.14. The van der Waals surface area contributed by atoms with Crippen molar-refractivity contribution in [2.45, 2.75) is 0 Å². The third-order valence-corrected chi connectivity index (χ3v) is 11.0. The minimum absolute atomic E-state index is 0.0577. The molecule has 0 aliphatic carbocycles. The van der Waals surface area contributed by atoms with Gasteiger partial charge in [-0.05, 0) is 145 Å². The van der Waals surface area contributed by atoms with Gasteiger partial charge in [0, 0.05) is 42.3 Å². The van der Waals surface area contributed by atoms with Gasteiger partial charge < -0.3 is 45.0 Å². The van der Waals surface area contributed by atoms with Crippen LogP contribution >= 0.6 is 58.0 Å². The van der Waals surface area contributed by atoms with Crippen LogP contribution in [0.3, 0.4) is 0 Å². The van der Waals surface area contributed by atoms with Crippen LogP contribution in [0, 0.1) is 22.7 Å². The van der Waals surface area contributed by atoms with Crippen molar-refractivity contribution >= 4 is 92.9 Å². The van der Waals surface area contributed by atoms with E-state index in [0.717, 1.165) is 33.0 Å². The molecule has 0 unspecified atom stereocenters. The van der Waals surface area contributed by atoms with E-state index in [0.29, 0.717) is 78.5 Å². The quantitative estimate of drug-likeness (QED) is 0.0388. The first-order chi connectivity index (χ1) is 37.8. The summed E-state index contributed by atoms with van der Waals surface area (Å²) < 4.78 is 21.5. The Labute approximate surface area is 469 Å². The number of hydrogen-bond donors (Lipinski definition) is 5. The number of anilines is 5. The third kappa shape index (κ3) is 17.2. The van der Waals surface area contributed by atoms with Crippen LogP contribution in [0.15, 0.2) is 206 Å². The molecular weight excluding hydrogens is 1100 g/mol. The number of amidine groups is 1. The summed E-state index contributed by atoms with van der Waals surface area (Å²) in [6.07, 6.45) is 12.4. The second-order valence-corrected chi connectivity index (χ2v) is 17.3. The van der Waals surface area contributed by atoms with Gasteiger partial charge in [0.15, 0.2) is 35.3 Å². The SMILES string of the molecule is Clc1ccc(-c2cnc(Cl)o2)cc1.Clc1ccc(-c2cnco2)cc1.N#Cc1ccc(N)cn1.N#Cc1ccc(Nc2ncc(-c3ccc(Cl)cc3)o2)cn1.N/C(=N\O)c1ccc(Nc2ncc(-c3ccc(Cl)cc3)o2)cn1. The summed E-state index contributed by atoms with van der Waals surface area (Å²) in [6.45, 7) is 0. The molecule has 78 heavy (non-hydrogen) atoms. The van der Waals surface area contributed by atoms with E-state index in [-0.39, 0.29) is 11.2 Å². The predicted molar refractivity (Wildman–Crippen MR) is 298 cm³/mol. The van der Waals surface area contributed by atoms with Crippen LogP contribution in [-0.4, -0.2) is 45.9 Å². The molecule has 388 valence electrons. The molecule has 0 bridgehead atoms. The van der Waals surface area contributed by atoms with Crippen molar-refractivity contribution in [3.05, 3.63) is 226 Å². The molecule has 0 saturated carbocycles. The van der Waals surface area contributed by atoms with Gasteiger partial charge in [0.2, 0.25) is 0 Å². The van der Waals surface area contributed by atoms with Crippen molar-refractivity contribution in [2.24, 2.45) is 10.9 Å². The summed E-state index contributed by atoms with van der Waals surface area (Å²) in [5, 5.41) is 37.3. The summed E-state index contributed by atoms with van der Waals surface area (Å²) >= 11 is 28.7. The number of aromatic nitrogens is 7. The molecule has 0 radical (unpaired) electrons. The molecule has 0 fully saturated rings. The zero-order valence-electron chi connectivity index (χ0n) is 39.9. The largest absolute Gasteiger partial charge is 0.444 e. The number of nitrogens with zero attached hydrogens (tertiary/aromatic N) is 10. The first kappa shape index (κ1) is 56.0. The normalized spacial score (nSPS) is 10.3. The standard InChI is InChI=1S/C15H12ClN5O2.C15H9ClN4O.C9H5Cl2NO.C9H6ClNO.C6H5N3/c16-10-3-1-9(2-4-10)13-8-19-15(23-13)20-11-5-6-12(18-7-11)14(17)21-22;16-11-3-1-10(2-4-11)14-9-19-15(21-14)20-13-6-5-12(7-17)18-8-13;10-7-3-1-6(2-4-7)8-5-12-9(11)13-8;10-8-3-1-7(2-4-8)9-5-11-6-12-9;7-3-6-2-1-5(8)4-9-6/h1-8,22H,(H2,17,21)(H,19,20);1-6,8-9H,(H,19,20);1-5H;1-6H;1-2,4H,8H2.